The molecule has 0 aliphatic carbocycles. The molecule has 1 unspecified atom stereocenters. The van der Waals surface area contributed by atoms with Crippen molar-refractivity contribution >= 4 is 17.4 Å². The van der Waals surface area contributed by atoms with Gasteiger partial charge in [-0.1, -0.05) is 17.7 Å². The first kappa shape index (κ1) is 22.5. The van der Waals surface area contributed by atoms with Crippen LogP contribution in [0.15, 0.2) is 54.4 Å². The molecule has 6 nitrogen and oxygen atoms in total. The average Bonchev–Trinajstić information content (AvgIpc) is 2.73. The van der Waals surface area contributed by atoms with Crippen molar-refractivity contribution in [3.63, 3.8) is 0 Å². The topological polar surface area (TPSA) is 70.2 Å². The SMILES string of the molecule is CC1(C)C=C(CC(=O)N2CCCC(c3ccc(Nc4ccccn4)cn3)C2)CC(C)(C)N1. The number of pyridine rings is 2. The second-order valence-electron chi connectivity index (χ2n) is 10.4. The second-order valence-corrected chi connectivity index (χ2v) is 10.4. The Labute approximate surface area is 191 Å². The first-order valence-corrected chi connectivity index (χ1v) is 11.6. The number of nitrogens with one attached hydrogen (secondary N) is 2. The summed E-state index contributed by atoms with van der Waals surface area (Å²) in [5, 5.41) is 6.91. The molecule has 4 heterocycles. The number of piperidine rings is 1. The van der Waals surface area contributed by atoms with Crippen LogP contribution >= 0.6 is 0 Å². The van der Waals surface area contributed by atoms with E-state index >= 15 is 0 Å². The van der Waals surface area contributed by atoms with E-state index < -0.39 is 0 Å². The molecule has 170 valence electrons. The smallest absolute Gasteiger partial charge is 0.226 e. The summed E-state index contributed by atoms with van der Waals surface area (Å²) in [6.45, 7) is 10.4. The summed E-state index contributed by atoms with van der Waals surface area (Å²) in [6, 6.07) is 9.89. The van der Waals surface area contributed by atoms with E-state index in [0.29, 0.717) is 6.42 Å². The molecule has 1 amide bonds. The Hall–Kier alpha value is -2.73. The highest BCUT2D eigenvalue weighted by atomic mass is 16.2. The number of carbonyl (C=O) groups excluding carboxylic acids is 1. The van der Waals surface area contributed by atoms with Crippen LogP contribution in [0.1, 0.15) is 65.0 Å². The zero-order chi connectivity index (χ0) is 22.8. The van der Waals surface area contributed by atoms with Gasteiger partial charge in [-0.15, -0.1) is 0 Å². The third kappa shape index (κ3) is 5.74. The number of nitrogens with zero attached hydrogens (tertiary/aromatic N) is 3. The maximum Gasteiger partial charge on any atom is 0.226 e. The summed E-state index contributed by atoms with van der Waals surface area (Å²) < 4.78 is 0. The van der Waals surface area contributed by atoms with Crippen LogP contribution in [0.4, 0.5) is 11.5 Å². The van der Waals surface area contributed by atoms with Gasteiger partial charge < -0.3 is 15.5 Å². The van der Waals surface area contributed by atoms with Gasteiger partial charge in [0, 0.05) is 48.4 Å². The maximum absolute atomic E-state index is 13.1. The summed E-state index contributed by atoms with van der Waals surface area (Å²) in [5.74, 6) is 1.32. The first-order valence-electron chi connectivity index (χ1n) is 11.6. The van der Waals surface area contributed by atoms with E-state index in [9.17, 15) is 4.79 Å². The number of hydrogen-bond donors (Lipinski definition) is 2. The van der Waals surface area contributed by atoms with Gasteiger partial charge in [0.05, 0.1) is 11.9 Å². The molecule has 0 aromatic carbocycles. The lowest BCUT2D eigenvalue weighted by Gasteiger charge is -2.41. The highest BCUT2D eigenvalue weighted by Gasteiger charge is 2.33. The molecule has 0 saturated carbocycles. The molecule has 2 aliphatic rings. The van der Waals surface area contributed by atoms with Crippen LogP contribution < -0.4 is 10.6 Å². The van der Waals surface area contributed by atoms with Gasteiger partial charge in [-0.25, -0.2) is 4.98 Å². The van der Waals surface area contributed by atoms with E-state index in [-0.39, 0.29) is 22.9 Å². The molecular formula is C26H35N5O. The summed E-state index contributed by atoms with van der Waals surface area (Å²) in [7, 11) is 0. The fraction of sp³-hybridized carbons (Fsp3) is 0.500. The van der Waals surface area contributed by atoms with Gasteiger partial charge in [0.25, 0.3) is 0 Å². The van der Waals surface area contributed by atoms with Crippen molar-refractivity contribution in [2.24, 2.45) is 0 Å². The molecule has 1 saturated heterocycles. The second kappa shape index (κ2) is 9.02. The van der Waals surface area contributed by atoms with Gasteiger partial charge in [-0.05, 0) is 71.2 Å². The molecule has 0 radical (unpaired) electrons. The molecule has 2 N–H and O–H groups in total. The van der Waals surface area contributed by atoms with Crippen molar-refractivity contribution in [2.75, 3.05) is 18.4 Å². The van der Waals surface area contributed by atoms with Crippen molar-refractivity contribution in [1.29, 1.82) is 0 Å². The number of anilines is 2. The van der Waals surface area contributed by atoms with Crippen molar-refractivity contribution in [1.82, 2.24) is 20.2 Å². The number of rotatable bonds is 5. The molecular weight excluding hydrogens is 398 g/mol. The monoisotopic (exact) mass is 433 g/mol. The Morgan fingerprint density at radius 1 is 1.19 bits per heavy atom. The number of hydrogen-bond acceptors (Lipinski definition) is 5. The Kier molecular flexibility index (Phi) is 6.33. The predicted octanol–water partition coefficient (Wildman–Crippen LogP) is 4.79. The van der Waals surface area contributed by atoms with Crippen molar-refractivity contribution < 1.29 is 4.79 Å². The molecule has 2 aromatic rings. The van der Waals surface area contributed by atoms with Crippen LogP contribution in [0.5, 0.6) is 0 Å². The lowest BCUT2D eigenvalue weighted by Crippen LogP contribution is -2.54. The number of likely N-dealkylation sites (tertiary alicyclic amines) is 1. The maximum atomic E-state index is 13.1. The van der Waals surface area contributed by atoms with Gasteiger partial charge in [0.1, 0.15) is 5.82 Å². The standard InChI is InChI=1S/C26H35N5O/c1-25(2)15-19(16-26(3,4)30-25)14-24(32)31-13-7-8-20(18-31)22-11-10-21(17-28-22)29-23-9-5-6-12-27-23/h5-6,9-12,15,17,20,30H,7-8,13-14,16,18H2,1-4H3,(H,27,29). The number of carbonyl (C=O) groups is 1. The third-order valence-electron chi connectivity index (χ3n) is 6.19. The molecule has 4 rings (SSSR count). The Bertz CT molecular complexity index is 965. The molecule has 2 aromatic heterocycles. The van der Waals surface area contributed by atoms with E-state index in [0.717, 1.165) is 49.6 Å². The Morgan fingerprint density at radius 2 is 2.03 bits per heavy atom. The lowest BCUT2D eigenvalue weighted by molar-refractivity contribution is -0.131. The lowest BCUT2D eigenvalue weighted by atomic mass is 9.82. The van der Waals surface area contributed by atoms with Gasteiger partial charge >= 0.3 is 0 Å². The van der Waals surface area contributed by atoms with E-state index in [1.54, 1.807) is 6.20 Å². The fourth-order valence-corrected chi connectivity index (χ4v) is 5.25. The largest absolute Gasteiger partial charge is 0.342 e. The minimum Gasteiger partial charge on any atom is -0.342 e. The zero-order valence-corrected chi connectivity index (χ0v) is 19.7. The summed E-state index contributed by atoms with van der Waals surface area (Å²) in [6.07, 6.45) is 9.37. The number of aromatic nitrogens is 2. The summed E-state index contributed by atoms with van der Waals surface area (Å²) in [4.78, 5) is 24.2. The van der Waals surface area contributed by atoms with Crippen LogP contribution in [-0.4, -0.2) is 44.9 Å². The quantitative estimate of drug-likeness (QED) is 0.663. The number of amides is 1. The van der Waals surface area contributed by atoms with Crippen molar-refractivity contribution in [2.45, 2.75) is 70.4 Å². The van der Waals surface area contributed by atoms with Crippen LogP contribution in [0.3, 0.4) is 0 Å². The normalized spacial score (nSPS) is 22.2. The Morgan fingerprint density at radius 3 is 2.72 bits per heavy atom. The van der Waals surface area contributed by atoms with E-state index in [2.05, 4.69) is 55.5 Å². The van der Waals surface area contributed by atoms with Crippen LogP contribution in [0, 0.1) is 0 Å². The molecule has 32 heavy (non-hydrogen) atoms. The molecule has 1 fully saturated rings. The highest BCUT2D eigenvalue weighted by molar-refractivity contribution is 5.79. The third-order valence-corrected chi connectivity index (χ3v) is 6.19. The van der Waals surface area contributed by atoms with Crippen LogP contribution in [-0.2, 0) is 4.79 Å². The average molecular weight is 434 g/mol. The van der Waals surface area contributed by atoms with E-state index in [4.69, 9.17) is 4.98 Å². The molecule has 6 heteroatoms. The molecule has 2 aliphatic heterocycles. The van der Waals surface area contributed by atoms with E-state index in [1.165, 1.54) is 5.57 Å². The van der Waals surface area contributed by atoms with Gasteiger partial charge in [0.15, 0.2) is 0 Å². The fourth-order valence-electron chi connectivity index (χ4n) is 5.25. The van der Waals surface area contributed by atoms with Crippen LogP contribution in [0.2, 0.25) is 0 Å². The molecule has 0 bridgehead atoms. The summed E-state index contributed by atoms with van der Waals surface area (Å²) >= 11 is 0. The minimum atomic E-state index is -0.0865. The Balaban J connectivity index is 1.38. The molecule has 1 atom stereocenters. The van der Waals surface area contributed by atoms with Gasteiger partial charge in [-0.2, -0.15) is 0 Å². The van der Waals surface area contributed by atoms with Crippen molar-refractivity contribution in [3.05, 3.63) is 60.1 Å². The summed E-state index contributed by atoms with van der Waals surface area (Å²) in [5.41, 5.74) is 3.13. The minimum absolute atomic E-state index is 0.00721. The zero-order valence-electron chi connectivity index (χ0n) is 19.7. The first-order chi connectivity index (χ1) is 15.2. The highest BCUT2D eigenvalue weighted by Crippen LogP contribution is 2.31. The van der Waals surface area contributed by atoms with Gasteiger partial charge in [-0.3, -0.25) is 9.78 Å². The van der Waals surface area contributed by atoms with Crippen LogP contribution in [0.25, 0.3) is 0 Å². The predicted molar refractivity (Wildman–Crippen MR) is 129 cm³/mol. The van der Waals surface area contributed by atoms with E-state index in [1.807, 2.05) is 35.4 Å². The van der Waals surface area contributed by atoms with Gasteiger partial charge in [0.2, 0.25) is 5.91 Å². The van der Waals surface area contributed by atoms with Crippen molar-refractivity contribution in [3.8, 4) is 0 Å². The molecule has 0 spiro atoms.